The average Bonchev–Trinajstić information content (AvgIpc) is 2.72. The lowest BCUT2D eigenvalue weighted by atomic mass is 10.5. The Hall–Kier alpha value is -0.790. The molecule has 0 fully saturated rings. The monoisotopic (exact) mass is 256 g/mol. The van der Waals surface area contributed by atoms with Gasteiger partial charge in [-0.3, -0.25) is 0 Å². The van der Waals surface area contributed by atoms with Gasteiger partial charge in [-0.05, 0) is 30.2 Å². The second-order valence-corrected chi connectivity index (χ2v) is 5.63. The molecule has 86 valence electrons. The molecule has 0 spiro atoms. The largest absolute Gasteiger partial charge is 0.396 e. The lowest BCUT2D eigenvalue weighted by Gasteiger charge is -2.03. The van der Waals surface area contributed by atoms with Gasteiger partial charge in [-0.2, -0.15) is 14.6 Å². The molecule has 0 atom stereocenters. The number of rotatable bonds is 5. The minimum atomic E-state index is 0.238. The summed E-state index contributed by atoms with van der Waals surface area (Å²) in [5.41, 5.74) is 0.936. The molecular formula is C9H12N4OS2. The molecule has 0 aromatic carbocycles. The Morgan fingerprint density at radius 1 is 1.50 bits per heavy atom. The zero-order valence-electron chi connectivity index (χ0n) is 8.83. The molecule has 2 aromatic heterocycles. The fraction of sp³-hybridized carbons (Fsp3) is 0.444. The minimum absolute atomic E-state index is 0.238. The van der Waals surface area contributed by atoms with Gasteiger partial charge in [0.1, 0.15) is 11.4 Å². The molecule has 0 aliphatic heterocycles. The smallest absolute Gasteiger partial charge is 0.253 e. The fourth-order valence-corrected chi connectivity index (χ4v) is 3.37. The number of hydrogen-bond donors (Lipinski definition) is 1. The highest BCUT2D eigenvalue weighted by atomic mass is 33.1. The van der Waals surface area contributed by atoms with E-state index in [1.807, 2.05) is 13.0 Å². The van der Waals surface area contributed by atoms with Crippen molar-refractivity contribution in [3.63, 3.8) is 0 Å². The van der Waals surface area contributed by atoms with Gasteiger partial charge < -0.3 is 5.11 Å². The van der Waals surface area contributed by atoms with Crippen LogP contribution in [0, 0.1) is 6.92 Å². The molecule has 7 heteroatoms. The minimum Gasteiger partial charge on any atom is -0.396 e. The van der Waals surface area contributed by atoms with Crippen LogP contribution < -0.4 is 0 Å². The Morgan fingerprint density at radius 2 is 2.38 bits per heavy atom. The van der Waals surface area contributed by atoms with Crippen LogP contribution in [-0.4, -0.2) is 37.0 Å². The van der Waals surface area contributed by atoms with Crippen molar-refractivity contribution in [3.8, 4) is 0 Å². The number of aliphatic hydroxyl groups is 1. The van der Waals surface area contributed by atoms with Gasteiger partial charge in [-0.25, -0.2) is 4.98 Å². The van der Waals surface area contributed by atoms with Crippen molar-refractivity contribution in [2.75, 3.05) is 12.4 Å². The summed E-state index contributed by atoms with van der Waals surface area (Å²) in [6.45, 7) is 2.18. The van der Waals surface area contributed by atoms with E-state index in [1.54, 1.807) is 26.1 Å². The highest BCUT2D eigenvalue weighted by molar-refractivity contribution is 8.76. The Morgan fingerprint density at radius 3 is 3.19 bits per heavy atom. The van der Waals surface area contributed by atoms with E-state index in [0.29, 0.717) is 5.78 Å². The molecule has 0 amide bonds. The molecule has 2 heterocycles. The van der Waals surface area contributed by atoms with Crippen molar-refractivity contribution in [1.82, 2.24) is 19.6 Å². The second kappa shape index (κ2) is 5.51. The van der Waals surface area contributed by atoms with E-state index < -0.39 is 0 Å². The highest BCUT2D eigenvalue weighted by Gasteiger charge is 2.06. The second-order valence-electron chi connectivity index (χ2n) is 3.19. The van der Waals surface area contributed by atoms with Gasteiger partial charge in [0, 0.05) is 18.1 Å². The van der Waals surface area contributed by atoms with Crippen LogP contribution in [0.2, 0.25) is 0 Å². The molecule has 0 bridgehead atoms. The van der Waals surface area contributed by atoms with Crippen LogP contribution in [0.25, 0.3) is 5.78 Å². The van der Waals surface area contributed by atoms with Gasteiger partial charge in [-0.15, -0.1) is 0 Å². The normalized spacial score (nSPS) is 11.1. The van der Waals surface area contributed by atoms with Crippen LogP contribution >= 0.6 is 21.6 Å². The lowest BCUT2D eigenvalue weighted by molar-refractivity contribution is 0.296. The highest BCUT2D eigenvalue weighted by Crippen LogP contribution is 2.31. The molecule has 0 saturated heterocycles. The molecule has 0 radical (unpaired) electrons. The summed E-state index contributed by atoms with van der Waals surface area (Å²) in [5, 5.41) is 13.8. The van der Waals surface area contributed by atoms with Crippen molar-refractivity contribution in [1.29, 1.82) is 0 Å². The Kier molecular flexibility index (Phi) is 4.03. The first kappa shape index (κ1) is 11.7. The molecule has 0 unspecified atom stereocenters. The van der Waals surface area contributed by atoms with Crippen molar-refractivity contribution >= 4 is 27.4 Å². The molecular weight excluding hydrogens is 244 g/mol. The Bertz CT molecular complexity index is 473. The van der Waals surface area contributed by atoms with Crippen molar-refractivity contribution < 1.29 is 5.11 Å². The first-order valence-corrected chi connectivity index (χ1v) is 7.21. The summed E-state index contributed by atoms with van der Waals surface area (Å²) >= 11 is 0. The summed E-state index contributed by atoms with van der Waals surface area (Å²) in [5.74, 6) is 1.55. The zero-order valence-corrected chi connectivity index (χ0v) is 10.5. The van der Waals surface area contributed by atoms with Crippen LogP contribution in [0.4, 0.5) is 0 Å². The number of nitrogens with zero attached hydrogens (tertiary/aromatic N) is 4. The predicted octanol–water partition coefficient (Wildman–Crippen LogP) is 1.56. The quantitative estimate of drug-likeness (QED) is 0.497. The van der Waals surface area contributed by atoms with E-state index in [9.17, 15) is 0 Å². The van der Waals surface area contributed by atoms with Gasteiger partial charge >= 0.3 is 0 Å². The van der Waals surface area contributed by atoms with E-state index in [0.717, 1.165) is 22.9 Å². The molecule has 1 N–H and O–H groups in total. The predicted molar refractivity (Wildman–Crippen MR) is 65.5 cm³/mol. The SMILES string of the molecule is Cc1cc(SSCCCO)n2ncnc2n1. The molecule has 0 saturated carbocycles. The first-order valence-electron chi connectivity index (χ1n) is 4.89. The topological polar surface area (TPSA) is 63.3 Å². The van der Waals surface area contributed by atoms with Crippen molar-refractivity contribution in [2.24, 2.45) is 0 Å². The maximum absolute atomic E-state index is 8.69. The number of fused-ring (bicyclic) bond motifs is 1. The van der Waals surface area contributed by atoms with Crippen LogP contribution in [-0.2, 0) is 0 Å². The summed E-state index contributed by atoms with van der Waals surface area (Å²) in [4.78, 5) is 8.33. The third-order valence-corrected chi connectivity index (χ3v) is 4.28. The van der Waals surface area contributed by atoms with E-state index in [1.165, 1.54) is 6.33 Å². The number of aliphatic hydroxyl groups excluding tert-OH is 1. The summed E-state index contributed by atoms with van der Waals surface area (Å²) in [6, 6.07) is 1.98. The third kappa shape index (κ3) is 2.66. The maximum Gasteiger partial charge on any atom is 0.253 e. The Balaban J connectivity index is 2.12. The first-order chi connectivity index (χ1) is 7.81. The van der Waals surface area contributed by atoms with Gasteiger partial charge in [0.15, 0.2) is 0 Å². The van der Waals surface area contributed by atoms with Crippen molar-refractivity contribution in [3.05, 3.63) is 18.1 Å². The molecule has 2 rings (SSSR count). The lowest BCUT2D eigenvalue weighted by Crippen LogP contribution is -1.96. The molecule has 0 aliphatic rings. The molecule has 16 heavy (non-hydrogen) atoms. The Labute approximate surface area is 101 Å². The van der Waals surface area contributed by atoms with E-state index >= 15 is 0 Å². The van der Waals surface area contributed by atoms with Crippen molar-refractivity contribution in [2.45, 2.75) is 18.4 Å². The summed E-state index contributed by atoms with van der Waals surface area (Å²) in [7, 11) is 3.33. The van der Waals surface area contributed by atoms with Gasteiger partial charge in [0.25, 0.3) is 5.78 Å². The van der Waals surface area contributed by atoms with Gasteiger partial charge in [0.05, 0.1) is 0 Å². The fourth-order valence-electron chi connectivity index (χ4n) is 1.18. The standard InChI is InChI=1S/C9H12N4OS2/c1-7-5-8(16-15-4-2-3-14)13-9(12-7)10-6-11-13/h5-6,14H,2-4H2,1H3. The number of hydrogen-bond acceptors (Lipinski definition) is 6. The van der Waals surface area contributed by atoms with Gasteiger partial charge in [0.2, 0.25) is 0 Å². The molecule has 5 nitrogen and oxygen atoms in total. The summed E-state index contributed by atoms with van der Waals surface area (Å²) < 4.78 is 1.73. The molecule has 0 aliphatic carbocycles. The third-order valence-electron chi connectivity index (χ3n) is 1.88. The average molecular weight is 256 g/mol. The number of aromatic nitrogens is 4. The van der Waals surface area contributed by atoms with Crippen LogP contribution in [0.3, 0.4) is 0 Å². The van der Waals surface area contributed by atoms with Crippen LogP contribution in [0.1, 0.15) is 12.1 Å². The van der Waals surface area contributed by atoms with Crippen LogP contribution in [0.5, 0.6) is 0 Å². The van der Waals surface area contributed by atoms with E-state index in [2.05, 4.69) is 15.1 Å². The number of aryl methyl sites for hydroxylation is 1. The zero-order chi connectivity index (χ0) is 11.4. The summed E-state index contributed by atoms with van der Waals surface area (Å²) in [6.07, 6.45) is 2.31. The van der Waals surface area contributed by atoms with Crippen LogP contribution in [0.15, 0.2) is 17.4 Å². The van der Waals surface area contributed by atoms with E-state index in [4.69, 9.17) is 5.11 Å². The van der Waals surface area contributed by atoms with Gasteiger partial charge in [-0.1, -0.05) is 10.8 Å². The molecule has 2 aromatic rings. The maximum atomic E-state index is 8.69. The van der Waals surface area contributed by atoms with E-state index in [-0.39, 0.29) is 6.61 Å².